The van der Waals surface area contributed by atoms with Crippen LogP contribution >= 0.6 is 0 Å². The fourth-order valence-corrected chi connectivity index (χ4v) is 3.37. The largest absolute Gasteiger partial charge is 0.391 e. The number of rotatable bonds is 9. The predicted molar refractivity (Wildman–Crippen MR) is 108 cm³/mol. The maximum absolute atomic E-state index is 12.7. The Hall–Kier alpha value is -2.21. The van der Waals surface area contributed by atoms with Crippen LogP contribution in [0.3, 0.4) is 0 Å². The van der Waals surface area contributed by atoms with Gasteiger partial charge in [-0.15, -0.1) is 0 Å². The molecule has 0 radical (unpaired) electrons. The maximum Gasteiger partial charge on any atom is 0.197 e. The van der Waals surface area contributed by atoms with Crippen molar-refractivity contribution in [3.05, 3.63) is 58.8 Å². The molecule has 3 aromatic rings. The van der Waals surface area contributed by atoms with Gasteiger partial charge in [-0.05, 0) is 37.1 Å². The van der Waals surface area contributed by atoms with Gasteiger partial charge in [0.25, 0.3) is 0 Å². The molecule has 0 aliphatic rings. The Morgan fingerprint density at radius 1 is 1.00 bits per heavy atom. The van der Waals surface area contributed by atoms with Crippen molar-refractivity contribution in [3.63, 3.8) is 0 Å². The SMILES string of the molecule is CCC(COCC(O)CCn1c2ccccc2c(=O)c2ccccc21)OC. The number of hydrogen-bond acceptors (Lipinski definition) is 4. The van der Waals surface area contributed by atoms with Crippen LogP contribution in [-0.4, -0.2) is 42.2 Å². The molecule has 0 spiro atoms. The topological polar surface area (TPSA) is 60.7 Å². The molecule has 144 valence electrons. The molecule has 2 atom stereocenters. The zero-order chi connectivity index (χ0) is 19.2. The number of nitrogens with zero attached hydrogens (tertiary/aromatic N) is 1. The average Bonchev–Trinajstić information content (AvgIpc) is 2.71. The third-order valence-corrected chi connectivity index (χ3v) is 4.97. The van der Waals surface area contributed by atoms with E-state index in [-0.39, 0.29) is 18.1 Å². The molecular weight excluding hydrogens is 342 g/mol. The molecule has 27 heavy (non-hydrogen) atoms. The number of fused-ring (bicyclic) bond motifs is 2. The van der Waals surface area contributed by atoms with E-state index >= 15 is 0 Å². The van der Waals surface area contributed by atoms with Gasteiger partial charge in [0, 0.05) is 24.4 Å². The average molecular weight is 369 g/mol. The van der Waals surface area contributed by atoms with E-state index in [1.54, 1.807) is 7.11 Å². The molecular formula is C22H27NO4. The lowest BCUT2D eigenvalue weighted by atomic mass is 10.1. The summed E-state index contributed by atoms with van der Waals surface area (Å²) >= 11 is 0. The minimum atomic E-state index is -0.573. The lowest BCUT2D eigenvalue weighted by Gasteiger charge is -2.18. The number of ether oxygens (including phenoxy) is 2. The van der Waals surface area contributed by atoms with Crippen LogP contribution in [0.1, 0.15) is 19.8 Å². The molecule has 1 aromatic heterocycles. The number of pyridine rings is 1. The number of aromatic nitrogens is 1. The Balaban J connectivity index is 1.78. The Kier molecular flexibility index (Phi) is 6.61. The Morgan fingerprint density at radius 3 is 2.15 bits per heavy atom. The third-order valence-electron chi connectivity index (χ3n) is 4.97. The van der Waals surface area contributed by atoms with Crippen LogP contribution in [-0.2, 0) is 16.0 Å². The minimum absolute atomic E-state index is 0.0477. The number of methoxy groups -OCH3 is 1. The highest BCUT2D eigenvalue weighted by atomic mass is 16.5. The Bertz CT molecular complexity index is 886. The van der Waals surface area contributed by atoms with Gasteiger partial charge in [-0.2, -0.15) is 0 Å². The van der Waals surface area contributed by atoms with Crippen LogP contribution in [0.25, 0.3) is 21.8 Å². The zero-order valence-electron chi connectivity index (χ0n) is 15.9. The summed E-state index contributed by atoms with van der Waals surface area (Å²) in [4.78, 5) is 12.7. The van der Waals surface area contributed by atoms with E-state index < -0.39 is 6.10 Å². The second-order valence-corrected chi connectivity index (χ2v) is 6.76. The van der Waals surface area contributed by atoms with Crippen LogP contribution in [0.2, 0.25) is 0 Å². The Labute approximate surface area is 159 Å². The van der Waals surface area contributed by atoms with Gasteiger partial charge in [0.05, 0.1) is 36.5 Å². The summed E-state index contributed by atoms with van der Waals surface area (Å²) in [5.41, 5.74) is 1.83. The first-order chi connectivity index (χ1) is 13.2. The molecule has 1 N–H and O–H groups in total. The summed E-state index contributed by atoms with van der Waals surface area (Å²) in [6, 6.07) is 15.2. The molecule has 0 aliphatic heterocycles. The zero-order valence-corrected chi connectivity index (χ0v) is 15.9. The highest BCUT2D eigenvalue weighted by Crippen LogP contribution is 2.20. The molecule has 0 saturated carbocycles. The van der Waals surface area contributed by atoms with E-state index in [1.165, 1.54) is 0 Å². The van der Waals surface area contributed by atoms with Crippen LogP contribution in [0, 0.1) is 0 Å². The monoisotopic (exact) mass is 369 g/mol. The quantitative estimate of drug-likeness (QED) is 0.588. The molecule has 5 heteroatoms. The van der Waals surface area contributed by atoms with Gasteiger partial charge in [0.2, 0.25) is 0 Å². The van der Waals surface area contributed by atoms with Crippen LogP contribution in [0.4, 0.5) is 0 Å². The van der Waals surface area contributed by atoms with Gasteiger partial charge in [0.15, 0.2) is 5.43 Å². The van der Waals surface area contributed by atoms with Gasteiger partial charge in [-0.3, -0.25) is 4.79 Å². The summed E-state index contributed by atoms with van der Waals surface area (Å²) in [5.74, 6) is 0. The van der Waals surface area contributed by atoms with Crippen molar-refractivity contribution < 1.29 is 14.6 Å². The summed E-state index contributed by atoms with van der Waals surface area (Å²) in [7, 11) is 1.67. The second-order valence-electron chi connectivity index (χ2n) is 6.76. The van der Waals surface area contributed by atoms with Crippen molar-refractivity contribution in [1.29, 1.82) is 0 Å². The summed E-state index contributed by atoms with van der Waals surface area (Å²) in [6.07, 6.45) is 0.906. The van der Waals surface area contributed by atoms with E-state index in [0.29, 0.717) is 30.3 Å². The first-order valence-corrected chi connectivity index (χ1v) is 9.44. The summed E-state index contributed by atoms with van der Waals surface area (Å²) in [5, 5.41) is 11.7. The van der Waals surface area contributed by atoms with Crippen molar-refractivity contribution in [2.75, 3.05) is 20.3 Å². The van der Waals surface area contributed by atoms with Crippen molar-refractivity contribution >= 4 is 21.8 Å². The van der Waals surface area contributed by atoms with E-state index in [9.17, 15) is 9.90 Å². The molecule has 1 heterocycles. The molecule has 5 nitrogen and oxygen atoms in total. The normalized spacial score (nSPS) is 13.9. The molecule has 2 aromatic carbocycles. The fraction of sp³-hybridized carbons (Fsp3) is 0.409. The predicted octanol–water partition coefficient (Wildman–Crippen LogP) is 3.35. The summed E-state index contributed by atoms with van der Waals surface area (Å²) < 4.78 is 13.0. The lowest BCUT2D eigenvalue weighted by molar-refractivity contribution is -0.0262. The summed E-state index contributed by atoms with van der Waals surface area (Å²) in [6.45, 7) is 3.40. The molecule has 0 fully saturated rings. The first-order valence-electron chi connectivity index (χ1n) is 9.44. The maximum atomic E-state index is 12.7. The van der Waals surface area contributed by atoms with Crippen LogP contribution in [0.5, 0.6) is 0 Å². The van der Waals surface area contributed by atoms with Crippen LogP contribution < -0.4 is 5.43 Å². The van der Waals surface area contributed by atoms with E-state index in [4.69, 9.17) is 9.47 Å². The lowest BCUT2D eigenvalue weighted by Crippen LogP contribution is -2.23. The van der Waals surface area contributed by atoms with Gasteiger partial charge >= 0.3 is 0 Å². The highest BCUT2D eigenvalue weighted by molar-refractivity contribution is 5.93. The van der Waals surface area contributed by atoms with Gasteiger partial charge < -0.3 is 19.1 Å². The van der Waals surface area contributed by atoms with E-state index in [2.05, 4.69) is 4.57 Å². The smallest absolute Gasteiger partial charge is 0.197 e. The van der Waals surface area contributed by atoms with Gasteiger partial charge in [-0.1, -0.05) is 31.2 Å². The third kappa shape index (κ3) is 4.38. The standard InChI is InChI=1S/C22H27NO4/c1-3-17(26-2)15-27-14-16(24)12-13-23-20-10-6-4-8-18(20)22(25)19-9-5-7-11-21(19)23/h4-11,16-17,24H,3,12-15H2,1-2H3. The van der Waals surface area contributed by atoms with Crippen molar-refractivity contribution in [3.8, 4) is 0 Å². The molecule has 0 saturated heterocycles. The molecule has 3 rings (SSSR count). The Morgan fingerprint density at radius 2 is 1.59 bits per heavy atom. The second kappa shape index (κ2) is 9.13. The number of benzene rings is 2. The number of para-hydroxylation sites is 2. The van der Waals surface area contributed by atoms with Crippen molar-refractivity contribution in [2.45, 2.75) is 38.5 Å². The minimum Gasteiger partial charge on any atom is -0.391 e. The molecule has 0 bridgehead atoms. The van der Waals surface area contributed by atoms with Crippen LogP contribution in [0.15, 0.2) is 53.3 Å². The van der Waals surface area contributed by atoms with E-state index in [1.807, 2.05) is 55.5 Å². The number of hydrogen-bond donors (Lipinski definition) is 1. The van der Waals surface area contributed by atoms with E-state index in [0.717, 1.165) is 17.5 Å². The number of aryl methyl sites for hydroxylation is 1. The van der Waals surface area contributed by atoms with Crippen molar-refractivity contribution in [2.24, 2.45) is 0 Å². The van der Waals surface area contributed by atoms with Crippen molar-refractivity contribution in [1.82, 2.24) is 4.57 Å². The fourth-order valence-electron chi connectivity index (χ4n) is 3.37. The molecule has 0 amide bonds. The first kappa shape index (κ1) is 19.5. The molecule has 2 unspecified atom stereocenters. The molecule has 0 aliphatic carbocycles. The number of aliphatic hydroxyl groups excluding tert-OH is 1. The van der Waals surface area contributed by atoms with Gasteiger partial charge in [-0.25, -0.2) is 0 Å². The number of aliphatic hydroxyl groups is 1. The highest BCUT2D eigenvalue weighted by Gasteiger charge is 2.12. The van der Waals surface area contributed by atoms with Gasteiger partial charge in [0.1, 0.15) is 0 Å².